The van der Waals surface area contributed by atoms with E-state index in [9.17, 15) is 4.79 Å². The first-order chi connectivity index (χ1) is 8.81. The molecule has 1 amide bonds. The molecule has 1 unspecified atom stereocenters. The number of ether oxygens (including phenoxy) is 1. The van der Waals surface area contributed by atoms with Crippen LogP contribution in [-0.2, 0) is 9.53 Å². The zero-order valence-electron chi connectivity index (χ0n) is 11.5. The predicted molar refractivity (Wildman–Crippen MR) is 71.5 cm³/mol. The van der Waals surface area contributed by atoms with Gasteiger partial charge in [0.1, 0.15) is 0 Å². The first kappa shape index (κ1) is 13.8. The molecule has 18 heavy (non-hydrogen) atoms. The van der Waals surface area contributed by atoms with E-state index >= 15 is 0 Å². The molecule has 0 spiro atoms. The third-order valence-corrected chi connectivity index (χ3v) is 3.94. The van der Waals surface area contributed by atoms with Gasteiger partial charge in [0.25, 0.3) is 0 Å². The number of hydrogen-bond donors (Lipinski definition) is 1. The van der Waals surface area contributed by atoms with E-state index in [2.05, 4.69) is 17.1 Å². The second-order valence-electron chi connectivity index (χ2n) is 5.43. The first-order valence-corrected chi connectivity index (χ1v) is 7.43. The van der Waals surface area contributed by atoms with Crippen molar-refractivity contribution in [1.29, 1.82) is 0 Å². The normalized spacial score (nSPS) is 24.6. The minimum Gasteiger partial charge on any atom is -0.378 e. The Hall–Kier alpha value is -0.610. The van der Waals surface area contributed by atoms with Gasteiger partial charge >= 0.3 is 0 Å². The van der Waals surface area contributed by atoms with Crippen LogP contribution < -0.4 is 5.32 Å². The van der Waals surface area contributed by atoms with E-state index in [4.69, 9.17) is 4.74 Å². The van der Waals surface area contributed by atoms with Gasteiger partial charge in [0.15, 0.2) is 0 Å². The molecular formula is C14H26N2O2. The molecule has 0 aromatic rings. The van der Waals surface area contributed by atoms with Gasteiger partial charge in [-0.05, 0) is 32.1 Å². The Balaban J connectivity index is 1.73. The average Bonchev–Trinajstić information content (AvgIpc) is 2.34. The maximum absolute atomic E-state index is 12.3. The molecular weight excluding hydrogens is 228 g/mol. The number of carbonyl (C=O) groups excluding carboxylic acids is 1. The highest BCUT2D eigenvalue weighted by molar-refractivity contribution is 5.76. The summed E-state index contributed by atoms with van der Waals surface area (Å²) in [5.74, 6) is 0.317. The van der Waals surface area contributed by atoms with E-state index in [-0.39, 0.29) is 0 Å². The molecule has 104 valence electrons. The lowest BCUT2D eigenvalue weighted by Gasteiger charge is -2.38. The Kier molecular flexibility index (Phi) is 5.45. The van der Waals surface area contributed by atoms with Crippen molar-refractivity contribution in [3.05, 3.63) is 0 Å². The monoisotopic (exact) mass is 254 g/mol. The lowest BCUT2D eigenvalue weighted by atomic mass is 10.0. The van der Waals surface area contributed by atoms with E-state index in [1.54, 1.807) is 0 Å². The van der Waals surface area contributed by atoms with Crippen LogP contribution in [0.3, 0.4) is 0 Å². The number of rotatable bonds is 6. The van der Waals surface area contributed by atoms with Crippen LogP contribution in [0.25, 0.3) is 0 Å². The van der Waals surface area contributed by atoms with Gasteiger partial charge in [-0.1, -0.05) is 6.92 Å². The lowest BCUT2D eigenvalue weighted by Crippen LogP contribution is -2.59. The zero-order valence-corrected chi connectivity index (χ0v) is 11.5. The summed E-state index contributed by atoms with van der Waals surface area (Å²) in [7, 11) is 0. The van der Waals surface area contributed by atoms with Gasteiger partial charge in [0, 0.05) is 32.7 Å². The van der Waals surface area contributed by atoms with Crippen LogP contribution in [-0.4, -0.2) is 49.2 Å². The molecule has 0 aromatic heterocycles. The van der Waals surface area contributed by atoms with Crippen molar-refractivity contribution < 1.29 is 9.53 Å². The van der Waals surface area contributed by atoms with Crippen LogP contribution in [0.15, 0.2) is 0 Å². The van der Waals surface area contributed by atoms with Gasteiger partial charge in [-0.2, -0.15) is 0 Å². The van der Waals surface area contributed by atoms with Crippen LogP contribution >= 0.6 is 0 Å². The third-order valence-electron chi connectivity index (χ3n) is 3.94. The topological polar surface area (TPSA) is 41.6 Å². The summed E-state index contributed by atoms with van der Waals surface area (Å²) in [5, 5.41) is 3.24. The van der Waals surface area contributed by atoms with Gasteiger partial charge in [0.2, 0.25) is 5.91 Å². The molecule has 2 saturated heterocycles. The van der Waals surface area contributed by atoms with Gasteiger partial charge in [-0.25, -0.2) is 0 Å². The molecule has 0 radical (unpaired) electrons. The molecule has 2 aliphatic rings. The van der Waals surface area contributed by atoms with Gasteiger partial charge in [-0.3, -0.25) is 4.79 Å². The summed E-state index contributed by atoms with van der Waals surface area (Å²) in [5.41, 5.74) is 0. The van der Waals surface area contributed by atoms with Gasteiger partial charge in [0.05, 0.1) is 12.1 Å². The fourth-order valence-corrected chi connectivity index (χ4v) is 2.71. The van der Waals surface area contributed by atoms with Gasteiger partial charge in [-0.15, -0.1) is 0 Å². The van der Waals surface area contributed by atoms with Crippen LogP contribution in [0.4, 0.5) is 0 Å². The summed E-state index contributed by atoms with van der Waals surface area (Å²) >= 11 is 0. The SMILES string of the molecule is CCCN(C(=O)CCC1CCCCO1)C1CNC1. The molecule has 2 rings (SSSR count). The largest absolute Gasteiger partial charge is 0.378 e. The van der Waals surface area contributed by atoms with E-state index in [0.717, 1.165) is 45.5 Å². The number of carbonyl (C=O) groups is 1. The van der Waals surface area contributed by atoms with Crippen molar-refractivity contribution >= 4 is 5.91 Å². The summed E-state index contributed by atoms with van der Waals surface area (Å²) in [6, 6.07) is 0.435. The molecule has 0 aromatic carbocycles. The molecule has 2 heterocycles. The van der Waals surface area contributed by atoms with Crippen molar-refractivity contribution in [1.82, 2.24) is 10.2 Å². The zero-order chi connectivity index (χ0) is 12.8. The summed E-state index contributed by atoms with van der Waals surface area (Å²) in [4.78, 5) is 14.3. The lowest BCUT2D eigenvalue weighted by molar-refractivity contribution is -0.135. The van der Waals surface area contributed by atoms with Crippen molar-refractivity contribution in [3.63, 3.8) is 0 Å². The molecule has 2 aliphatic heterocycles. The highest BCUT2D eigenvalue weighted by atomic mass is 16.5. The molecule has 1 N–H and O–H groups in total. The molecule has 0 aliphatic carbocycles. The molecule has 0 saturated carbocycles. The summed E-state index contributed by atoms with van der Waals surface area (Å²) in [6.45, 7) is 5.84. The smallest absolute Gasteiger partial charge is 0.223 e. The fraction of sp³-hybridized carbons (Fsp3) is 0.929. The second kappa shape index (κ2) is 7.10. The Labute approximate surface area is 110 Å². The van der Waals surface area contributed by atoms with E-state index < -0.39 is 0 Å². The maximum Gasteiger partial charge on any atom is 0.223 e. The molecule has 2 fully saturated rings. The first-order valence-electron chi connectivity index (χ1n) is 7.43. The highest BCUT2D eigenvalue weighted by Crippen LogP contribution is 2.18. The van der Waals surface area contributed by atoms with Gasteiger partial charge < -0.3 is 15.0 Å². The van der Waals surface area contributed by atoms with Crippen LogP contribution in [0, 0.1) is 0 Å². The third kappa shape index (κ3) is 3.69. The van der Waals surface area contributed by atoms with E-state index in [1.807, 2.05) is 0 Å². The molecule has 4 nitrogen and oxygen atoms in total. The predicted octanol–water partition coefficient (Wildman–Crippen LogP) is 1.55. The number of hydrogen-bond acceptors (Lipinski definition) is 3. The van der Waals surface area contributed by atoms with Crippen molar-refractivity contribution in [2.24, 2.45) is 0 Å². The van der Waals surface area contributed by atoms with Crippen molar-refractivity contribution in [2.45, 2.75) is 57.6 Å². The van der Waals surface area contributed by atoms with Crippen molar-refractivity contribution in [2.75, 3.05) is 26.2 Å². The molecule has 0 bridgehead atoms. The van der Waals surface area contributed by atoms with E-state index in [1.165, 1.54) is 12.8 Å². The Morgan fingerprint density at radius 2 is 2.22 bits per heavy atom. The van der Waals surface area contributed by atoms with Crippen LogP contribution in [0.2, 0.25) is 0 Å². The Morgan fingerprint density at radius 3 is 2.78 bits per heavy atom. The van der Waals surface area contributed by atoms with Crippen molar-refractivity contribution in [3.8, 4) is 0 Å². The standard InChI is InChI=1S/C14H26N2O2/c1-2-8-16(12-10-15-11-12)14(17)7-6-13-5-3-4-9-18-13/h12-13,15H,2-11H2,1H3. The second-order valence-corrected chi connectivity index (χ2v) is 5.43. The Bertz CT molecular complexity index is 261. The van der Waals surface area contributed by atoms with Crippen LogP contribution in [0.1, 0.15) is 45.4 Å². The average molecular weight is 254 g/mol. The van der Waals surface area contributed by atoms with E-state index in [0.29, 0.717) is 24.5 Å². The summed E-state index contributed by atoms with van der Waals surface area (Å²) < 4.78 is 5.69. The number of amides is 1. The summed E-state index contributed by atoms with van der Waals surface area (Å²) in [6.07, 6.45) is 6.49. The highest BCUT2D eigenvalue weighted by Gasteiger charge is 2.28. The number of nitrogens with one attached hydrogen (secondary N) is 1. The molecule has 4 heteroatoms. The van der Waals surface area contributed by atoms with Crippen LogP contribution in [0.5, 0.6) is 0 Å². The minimum atomic E-state index is 0.317. The quantitative estimate of drug-likeness (QED) is 0.782. The minimum absolute atomic E-state index is 0.317. The molecule has 1 atom stereocenters. The fourth-order valence-electron chi connectivity index (χ4n) is 2.71. The number of nitrogens with zero attached hydrogens (tertiary/aromatic N) is 1. The Morgan fingerprint density at radius 1 is 1.39 bits per heavy atom. The maximum atomic E-state index is 12.3.